The average molecular weight is 477 g/mol. The lowest BCUT2D eigenvalue weighted by Gasteiger charge is -2.19. The minimum atomic E-state index is -0.788. The number of aryl methyl sites for hydroxylation is 2. The van der Waals surface area contributed by atoms with E-state index in [0.717, 1.165) is 29.7 Å². The molecule has 0 aliphatic rings. The van der Waals surface area contributed by atoms with Crippen LogP contribution in [0.4, 0.5) is 11.4 Å². The first-order chi connectivity index (χ1) is 16.3. The molecule has 1 atom stereocenters. The SMILES string of the molecule is CCc1cccc(CC)c1NC(=O)C(C)n1cnc2scc(-c3ccc([N+](=O)[O-])cc3)c2c1=O. The number of carbonyl (C=O) groups excluding carboxylic acids is 1. The van der Waals surface area contributed by atoms with Crippen molar-refractivity contribution in [3.05, 3.63) is 85.8 Å². The number of fused-ring (bicyclic) bond motifs is 1. The normalized spacial score (nSPS) is 12.0. The van der Waals surface area contributed by atoms with E-state index in [1.807, 2.05) is 32.0 Å². The molecule has 4 rings (SSSR count). The summed E-state index contributed by atoms with van der Waals surface area (Å²) >= 11 is 1.32. The molecular weight excluding hydrogens is 452 g/mol. The van der Waals surface area contributed by atoms with Gasteiger partial charge >= 0.3 is 0 Å². The van der Waals surface area contributed by atoms with Gasteiger partial charge in [-0.3, -0.25) is 24.3 Å². The predicted octanol–water partition coefficient (Wildman–Crippen LogP) is 5.36. The summed E-state index contributed by atoms with van der Waals surface area (Å²) in [6, 6.07) is 11.2. The van der Waals surface area contributed by atoms with Crippen LogP contribution in [0.5, 0.6) is 0 Å². The summed E-state index contributed by atoms with van der Waals surface area (Å²) < 4.78 is 1.33. The molecule has 0 fully saturated rings. The Morgan fingerprint density at radius 3 is 2.38 bits per heavy atom. The lowest BCUT2D eigenvalue weighted by Crippen LogP contribution is -2.32. The van der Waals surface area contributed by atoms with Crippen LogP contribution >= 0.6 is 11.3 Å². The van der Waals surface area contributed by atoms with Crippen molar-refractivity contribution >= 4 is 38.8 Å². The van der Waals surface area contributed by atoms with Crippen molar-refractivity contribution in [2.24, 2.45) is 0 Å². The van der Waals surface area contributed by atoms with Crippen LogP contribution in [-0.4, -0.2) is 20.4 Å². The molecule has 4 aromatic rings. The Balaban J connectivity index is 1.71. The number of rotatable bonds is 7. The summed E-state index contributed by atoms with van der Waals surface area (Å²) in [7, 11) is 0. The topological polar surface area (TPSA) is 107 Å². The van der Waals surface area contributed by atoms with Crippen LogP contribution in [0.1, 0.15) is 37.9 Å². The van der Waals surface area contributed by atoms with Crippen molar-refractivity contribution < 1.29 is 9.72 Å². The molecule has 8 nitrogen and oxygen atoms in total. The van der Waals surface area contributed by atoms with Crippen molar-refractivity contribution in [2.45, 2.75) is 39.7 Å². The van der Waals surface area contributed by atoms with Crippen molar-refractivity contribution in [1.82, 2.24) is 9.55 Å². The highest BCUT2D eigenvalue weighted by atomic mass is 32.1. The lowest BCUT2D eigenvalue weighted by atomic mass is 10.0. The number of carbonyl (C=O) groups is 1. The summed E-state index contributed by atoms with van der Waals surface area (Å²) in [6.07, 6.45) is 2.95. The molecule has 0 aliphatic heterocycles. The van der Waals surface area contributed by atoms with Crippen LogP contribution in [-0.2, 0) is 17.6 Å². The van der Waals surface area contributed by atoms with Crippen molar-refractivity contribution in [1.29, 1.82) is 0 Å². The van der Waals surface area contributed by atoms with Crippen molar-refractivity contribution in [3.8, 4) is 11.1 Å². The molecule has 9 heteroatoms. The van der Waals surface area contributed by atoms with Crippen LogP contribution < -0.4 is 10.9 Å². The molecule has 0 bridgehead atoms. The van der Waals surface area contributed by atoms with E-state index >= 15 is 0 Å². The third-order valence-corrected chi connectivity index (χ3v) is 6.84. The minimum absolute atomic E-state index is 0.0251. The largest absolute Gasteiger partial charge is 0.324 e. The number of nitro groups is 1. The lowest BCUT2D eigenvalue weighted by molar-refractivity contribution is -0.384. The molecule has 0 saturated heterocycles. The Morgan fingerprint density at radius 2 is 1.79 bits per heavy atom. The molecule has 0 radical (unpaired) electrons. The number of amides is 1. The third-order valence-electron chi connectivity index (χ3n) is 5.95. The molecule has 0 spiro atoms. The van der Waals surface area contributed by atoms with Gasteiger partial charge in [0.15, 0.2) is 0 Å². The first-order valence-corrected chi connectivity index (χ1v) is 11.9. The highest BCUT2D eigenvalue weighted by Crippen LogP contribution is 2.32. The minimum Gasteiger partial charge on any atom is -0.324 e. The molecule has 0 aliphatic carbocycles. The average Bonchev–Trinajstić information content (AvgIpc) is 3.29. The fourth-order valence-electron chi connectivity index (χ4n) is 3.95. The molecule has 2 aromatic heterocycles. The maximum absolute atomic E-state index is 13.4. The second kappa shape index (κ2) is 9.56. The summed E-state index contributed by atoms with van der Waals surface area (Å²) in [5.41, 5.74) is 3.84. The zero-order chi connectivity index (χ0) is 24.4. The standard InChI is InChI=1S/C25H24N4O4S/c1-4-16-7-6-8-17(5-2)22(16)27-23(30)15(3)28-14-26-24-21(25(28)31)20(13-34-24)18-9-11-19(12-10-18)29(32)33/h6-15H,4-5H2,1-3H3,(H,27,30). The zero-order valence-electron chi connectivity index (χ0n) is 19.1. The number of nitrogens with zero attached hydrogens (tertiary/aromatic N) is 3. The first-order valence-electron chi connectivity index (χ1n) is 11.0. The Morgan fingerprint density at radius 1 is 1.15 bits per heavy atom. The fraction of sp³-hybridized carbons (Fsp3) is 0.240. The maximum atomic E-state index is 13.4. The van der Waals surface area contributed by atoms with E-state index in [9.17, 15) is 19.7 Å². The summed E-state index contributed by atoms with van der Waals surface area (Å²) in [6.45, 7) is 5.74. The molecule has 1 N–H and O–H groups in total. The van der Waals surface area contributed by atoms with Gasteiger partial charge in [-0.15, -0.1) is 11.3 Å². The first kappa shape index (κ1) is 23.3. The van der Waals surface area contributed by atoms with Gasteiger partial charge in [-0.05, 0) is 48.6 Å². The van der Waals surface area contributed by atoms with E-state index in [0.29, 0.717) is 21.3 Å². The molecule has 1 amide bonds. The van der Waals surface area contributed by atoms with E-state index in [2.05, 4.69) is 10.3 Å². The molecule has 2 heterocycles. The summed E-state index contributed by atoms with van der Waals surface area (Å²) in [4.78, 5) is 42.1. The van der Waals surface area contributed by atoms with Gasteiger partial charge in [0.2, 0.25) is 5.91 Å². The smallest absolute Gasteiger partial charge is 0.269 e. The molecule has 2 aromatic carbocycles. The van der Waals surface area contributed by atoms with Gasteiger partial charge in [-0.1, -0.05) is 32.0 Å². The highest BCUT2D eigenvalue weighted by molar-refractivity contribution is 7.17. The number of non-ortho nitro benzene ring substituents is 1. The quantitative estimate of drug-likeness (QED) is 0.285. The van der Waals surface area contributed by atoms with Crippen LogP contribution in [0.2, 0.25) is 0 Å². The van der Waals surface area contributed by atoms with Crippen molar-refractivity contribution in [3.63, 3.8) is 0 Å². The van der Waals surface area contributed by atoms with Crippen LogP contribution in [0, 0.1) is 10.1 Å². The number of thiophene rings is 1. The van der Waals surface area contributed by atoms with Crippen LogP contribution in [0.25, 0.3) is 21.3 Å². The highest BCUT2D eigenvalue weighted by Gasteiger charge is 2.22. The van der Waals surface area contributed by atoms with E-state index in [1.54, 1.807) is 24.4 Å². The van der Waals surface area contributed by atoms with Gasteiger partial charge in [-0.25, -0.2) is 4.98 Å². The molecule has 34 heavy (non-hydrogen) atoms. The van der Waals surface area contributed by atoms with Gasteiger partial charge in [0, 0.05) is 28.8 Å². The van der Waals surface area contributed by atoms with E-state index in [-0.39, 0.29) is 17.2 Å². The Kier molecular flexibility index (Phi) is 6.56. The maximum Gasteiger partial charge on any atom is 0.269 e. The van der Waals surface area contributed by atoms with E-state index in [1.165, 1.54) is 34.4 Å². The predicted molar refractivity (Wildman–Crippen MR) is 135 cm³/mol. The van der Waals surface area contributed by atoms with Gasteiger partial charge in [0.25, 0.3) is 11.2 Å². The number of anilines is 1. The second-order valence-corrected chi connectivity index (χ2v) is 8.77. The summed E-state index contributed by atoms with van der Waals surface area (Å²) in [5.74, 6) is -0.300. The van der Waals surface area contributed by atoms with Gasteiger partial charge < -0.3 is 5.32 Å². The Bertz CT molecular complexity index is 1420. The van der Waals surface area contributed by atoms with E-state index in [4.69, 9.17) is 0 Å². The number of hydrogen-bond acceptors (Lipinski definition) is 6. The van der Waals surface area contributed by atoms with Crippen LogP contribution in [0.3, 0.4) is 0 Å². The van der Waals surface area contributed by atoms with Gasteiger partial charge in [0.05, 0.1) is 16.6 Å². The third kappa shape index (κ3) is 4.22. The number of nitrogens with one attached hydrogen (secondary N) is 1. The monoisotopic (exact) mass is 476 g/mol. The number of nitro benzene ring substituents is 1. The molecule has 174 valence electrons. The van der Waals surface area contributed by atoms with Gasteiger partial charge in [0.1, 0.15) is 10.9 Å². The van der Waals surface area contributed by atoms with Gasteiger partial charge in [-0.2, -0.15) is 0 Å². The Hall–Kier alpha value is -3.85. The van der Waals surface area contributed by atoms with Crippen LogP contribution in [0.15, 0.2) is 59.0 Å². The molecule has 0 saturated carbocycles. The molecule has 1 unspecified atom stereocenters. The van der Waals surface area contributed by atoms with Crippen molar-refractivity contribution in [2.75, 3.05) is 5.32 Å². The molecular formula is C25H24N4O4S. The fourth-order valence-corrected chi connectivity index (χ4v) is 4.86. The number of aromatic nitrogens is 2. The Labute approximate surface area is 200 Å². The zero-order valence-corrected chi connectivity index (χ0v) is 19.9. The number of hydrogen-bond donors (Lipinski definition) is 1. The second-order valence-electron chi connectivity index (χ2n) is 7.91. The summed E-state index contributed by atoms with van der Waals surface area (Å²) in [5, 5.41) is 16.2. The van der Waals surface area contributed by atoms with E-state index < -0.39 is 11.0 Å². The number of para-hydroxylation sites is 1. The number of benzene rings is 2.